The van der Waals surface area contributed by atoms with Crippen LogP contribution >= 0.6 is 12.6 Å². The van der Waals surface area contributed by atoms with E-state index in [-0.39, 0.29) is 0 Å². The third-order valence-electron chi connectivity index (χ3n) is 2.39. The zero-order valence-corrected chi connectivity index (χ0v) is 10.0. The number of anilines is 1. The van der Waals surface area contributed by atoms with Gasteiger partial charge in [0.1, 0.15) is 11.9 Å². The summed E-state index contributed by atoms with van der Waals surface area (Å²) in [5.74, 6) is 1.01. The SMILES string of the molecule is COc1cc(C(O)C(O)CCS)ccc1N. The Labute approximate surface area is 100 Å². The lowest BCUT2D eigenvalue weighted by Crippen LogP contribution is -2.18. The van der Waals surface area contributed by atoms with E-state index < -0.39 is 12.2 Å². The molecule has 0 bridgehead atoms. The molecule has 90 valence electrons. The number of aliphatic hydroxyl groups excluding tert-OH is 2. The fraction of sp³-hybridized carbons (Fsp3) is 0.455. The van der Waals surface area contributed by atoms with Crippen molar-refractivity contribution in [3.05, 3.63) is 23.8 Å². The van der Waals surface area contributed by atoms with Gasteiger partial charge in [0, 0.05) is 0 Å². The summed E-state index contributed by atoms with van der Waals surface area (Å²) < 4.78 is 5.04. The average Bonchev–Trinajstić information content (AvgIpc) is 2.29. The summed E-state index contributed by atoms with van der Waals surface area (Å²) in [7, 11) is 1.51. The van der Waals surface area contributed by atoms with Crippen LogP contribution in [-0.4, -0.2) is 29.2 Å². The van der Waals surface area contributed by atoms with Gasteiger partial charge in [-0.2, -0.15) is 12.6 Å². The maximum absolute atomic E-state index is 9.85. The molecule has 0 aliphatic heterocycles. The van der Waals surface area contributed by atoms with E-state index in [1.807, 2.05) is 0 Å². The van der Waals surface area contributed by atoms with E-state index in [9.17, 15) is 10.2 Å². The summed E-state index contributed by atoms with van der Waals surface area (Å²) in [5, 5.41) is 19.5. The van der Waals surface area contributed by atoms with Crippen molar-refractivity contribution < 1.29 is 14.9 Å². The summed E-state index contributed by atoms with van der Waals surface area (Å²) >= 11 is 4.01. The number of hydrogen-bond acceptors (Lipinski definition) is 5. The molecule has 1 aromatic carbocycles. The van der Waals surface area contributed by atoms with Crippen LogP contribution in [0.3, 0.4) is 0 Å². The topological polar surface area (TPSA) is 75.7 Å². The quantitative estimate of drug-likeness (QED) is 0.459. The maximum atomic E-state index is 9.85. The Bertz CT molecular complexity index is 346. The van der Waals surface area contributed by atoms with Gasteiger partial charge < -0.3 is 20.7 Å². The summed E-state index contributed by atoms with van der Waals surface area (Å²) in [4.78, 5) is 0. The average molecular weight is 243 g/mol. The Morgan fingerprint density at radius 1 is 1.44 bits per heavy atom. The number of methoxy groups -OCH3 is 1. The van der Waals surface area contributed by atoms with E-state index in [4.69, 9.17) is 10.5 Å². The van der Waals surface area contributed by atoms with Gasteiger partial charge in [0.05, 0.1) is 18.9 Å². The first-order chi connectivity index (χ1) is 7.60. The fourth-order valence-corrected chi connectivity index (χ4v) is 1.69. The Morgan fingerprint density at radius 2 is 2.12 bits per heavy atom. The first-order valence-corrected chi connectivity index (χ1v) is 5.63. The highest BCUT2D eigenvalue weighted by atomic mass is 32.1. The van der Waals surface area contributed by atoms with E-state index >= 15 is 0 Å². The summed E-state index contributed by atoms with van der Waals surface area (Å²) in [6, 6.07) is 4.94. The van der Waals surface area contributed by atoms with Crippen molar-refractivity contribution >= 4 is 18.3 Å². The second-order valence-corrected chi connectivity index (χ2v) is 3.97. The third kappa shape index (κ3) is 3.04. The zero-order chi connectivity index (χ0) is 12.1. The third-order valence-corrected chi connectivity index (χ3v) is 2.65. The van der Waals surface area contributed by atoms with Crippen LogP contribution < -0.4 is 10.5 Å². The lowest BCUT2D eigenvalue weighted by molar-refractivity contribution is 0.0171. The predicted molar refractivity (Wildman–Crippen MR) is 66.8 cm³/mol. The van der Waals surface area contributed by atoms with Crippen molar-refractivity contribution in [1.82, 2.24) is 0 Å². The molecular formula is C11H17NO3S. The van der Waals surface area contributed by atoms with Gasteiger partial charge in [-0.25, -0.2) is 0 Å². The largest absolute Gasteiger partial charge is 0.495 e. The Balaban J connectivity index is 2.87. The van der Waals surface area contributed by atoms with E-state index in [0.717, 1.165) is 0 Å². The Hall–Kier alpha value is -0.910. The minimum absolute atomic E-state index is 0.428. The van der Waals surface area contributed by atoms with E-state index in [1.54, 1.807) is 18.2 Å². The molecule has 0 fully saturated rings. The normalized spacial score (nSPS) is 14.5. The van der Waals surface area contributed by atoms with Gasteiger partial charge in [-0.15, -0.1) is 0 Å². The van der Waals surface area contributed by atoms with Crippen molar-refractivity contribution in [1.29, 1.82) is 0 Å². The van der Waals surface area contributed by atoms with Crippen LogP contribution in [0.15, 0.2) is 18.2 Å². The molecule has 5 heteroatoms. The van der Waals surface area contributed by atoms with Crippen LogP contribution in [0.1, 0.15) is 18.1 Å². The van der Waals surface area contributed by atoms with Crippen LogP contribution in [0, 0.1) is 0 Å². The van der Waals surface area contributed by atoms with E-state index in [1.165, 1.54) is 7.11 Å². The van der Waals surface area contributed by atoms with Crippen molar-refractivity contribution in [2.45, 2.75) is 18.6 Å². The molecule has 1 aromatic rings. The molecule has 2 unspecified atom stereocenters. The van der Waals surface area contributed by atoms with Crippen molar-refractivity contribution in [2.24, 2.45) is 0 Å². The molecule has 0 aliphatic carbocycles. The summed E-state index contributed by atoms with van der Waals surface area (Å²) in [5.41, 5.74) is 6.74. The molecule has 2 atom stereocenters. The molecule has 0 spiro atoms. The van der Waals surface area contributed by atoms with E-state index in [0.29, 0.717) is 29.2 Å². The van der Waals surface area contributed by atoms with Crippen molar-refractivity contribution in [3.8, 4) is 5.75 Å². The van der Waals surface area contributed by atoms with Crippen molar-refractivity contribution in [2.75, 3.05) is 18.6 Å². The molecule has 0 aliphatic rings. The highest BCUT2D eigenvalue weighted by Gasteiger charge is 2.18. The first kappa shape index (κ1) is 13.2. The van der Waals surface area contributed by atoms with Crippen LogP contribution in [-0.2, 0) is 0 Å². The number of rotatable bonds is 5. The lowest BCUT2D eigenvalue weighted by atomic mass is 10.0. The van der Waals surface area contributed by atoms with Gasteiger partial charge in [-0.3, -0.25) is 0 Å². The number of nitrogen functional groups attached to an aromatic ring is 1. The number of hydrogen-bond donors (Lipinski definition) is 4. The Morgan fingerprint density at radius 3 is 2.69 bits per heavy atom. The lowest BCUT2D eigenvalue weighted by Gasteiger charge is -2.18. The number of thiol groups is 1. The first-order valence-electron chi connectivity index (χ1n) is 5.00. The van der Waals surface area contributed by atoms with Gasteiger partial charge >= 0.3 is 0 Å². The molecule has 0 heterocycles. The number of nitrogens with two attached hydrogens (primary N) is 1. The second-order valence-electron chi connectivity index (χ2n) is 3.53. The molecule has 0 aromatic heterocycles. The van der Waals surface area contributed by atoms with Gasteiger partial charge in [0.25, 0.3) is 0 Å². The van der Waals surface area contributed by atoms with Gasteiger partial charge in [0.15, 0.2) is 0 Å². The highest BCUT2D eigenvalue weighted by Crippen LogP contribution is 2.27. The molecule has 0 radical (unpaired) electrons. The van der Waals surface area contributed by atoms with Crippen molar-refractivity contribution in [3.63, 3.8) is 0 Å². The van der Waals surface area contributed by atoms with Crippen LogP contribution in [0.25, 0.3) is 0 Å². The van der Waals surface area contributed by atoms with Crippen LogP contribution in [0.4, 0.5) is 5.69 Å². The maximum Gasteiger partial charge on any atom is 0.142 e. The predicted octanol–water partition coefficient (Wildman–Crippen LogP) is 0.992. The smallest absolute Gasteiger partial charge is 0.142 e. The van der Waals surface area contributed by atoms with E-state index in [2.05, 4.69) is 12.6 Å². The zero-order valence-electron chi connectivity index (χ0n) is 9.13. The summed E-state index contributed by atoms with van der Waals surface area (Å²) in [6.07, 6.45) is -1.34. The fourth-order valence-electron chi connectivity index (χ4n) is 1.42. The Kier molecular flexibility index (Phi) is 4.92. The monoisotopic (exact) mass is 243 g/mol. The van der Waals surface area contributed by atoms with Gasteiger partial charge in [-0.05, 0) is 29.9 Å². The number of benzene rings is 1. The number of ether oxygens (including phenoxy) is 1. The van der Waals surface area contributed by atoms with Crippen LogP contribution in [0.5, 0.6) is 5.75 Å². The molecule has 0 saturated heterocycles. The highest BCUT2D eigenvalue weighted by molar-refractivity contribution is 7.80. The van der Waals surface area contributed by atoms with Gasteiger partial charge in [0.2, 0.25) is 0 Å². The minimum Gasteiger partial charge on any atom is -0.495 e. The molecule has 1 rings (SSSR count). The molecule has 0 amide bonds. The van der Waals surface area contributed by atoms with Gasteiger partial charge in [-0.1, -0.05) is 6.07 Å². The second kappa shape index (κ2) is 5.98. The molecule has 0 saturated carbocycles. The minimum atomic E-state index is -0.943. The van der Waals surface area contributed by atoms with Crippen LogP contribution in [0.2, 0.25) is 0 Å². The standard InChI is InChI=1S/C11H17NO3S/c1-15-10-6-7(2-3-8(10)12)11(14)9(13)4-5-16/h2-3,6,9,11,13-14,16H,4-5,12H2,1H3. The summed E-state index contributed by atoms with van der Waals surface area (Å²) in [6.45, 7) is 0. The number of aliphatic hydroxyl groups is 2. The molecular weight excluding hydrogens is 226 g/mol. The molecule has 4 N–H and O–H groups in total. The molecule has 4 nitrogen and oxygen atoms in total. The molecule has 16 heavy (non-hydrogen) atoms.